The Morgan fingerprint density at radius 3 is 2.55 bits per heavy atom. The molecule has 0 aromatic carbocycles. The van der Waals surface area contributed by atoms with E-state index < -0.39 is 52.9 Å². The van der Waals surface area contributed by atoms with Gasteiger partial charge in [0.05, 0.1) is 49.6 Å². The molecule has 38 heavy (non-hydrogen) atoms. The van der Waals surface area contributed by atoms with Crippen LogP contribution in [0.3, 0.4) is 0 Å². The molecule has 0 spiro atoms. The van der Waals surface area contributed by atoms with E-state index in [1.165, 1.54) is 32.0 Å². The molecule has 0 radical (unpaired) electrons. The van der Waals surface area contributed by atoms with Gasteiger partial charge in [0.25, 0.3) is 0 Å². The lowest BCUT2D eigenvalue weighted by atomic mass is 9.43. The van der Waals surface area contributed by atoms with Crippen molar-refractivity contribution < 1.29 is 37.8 Å². The average molecular weight is 526 g/mol. The Bertz CT molecular complexity index is 1250. The van der Waals surface area contributed by atoms with Crippen molar-refractivity contribution >= 4 is 29.5 Å². The highest BCUT2D eigenvalue weighted by Crippen LogP contribution is 2.65. The minimum Gasteiger partial charge on any atom is -0.472 e. The van der Waals surface area contributed by atoms with Crippen LogP contribution in [-0.2, 0) is 28.6 Å². The van der Waals surface area contributed by atoms with Crippen LogP contribution in [0.4, 0.5) is 10.5 Å². The summed E-state index contributed by atoms with van der Waals surface area (Å²) in [6.45, 7) is 5.53. The molecule has 0 unspecified atom stereocenters. The molecule has 5 rings (SSSR count). The van der Waals surface area contributed by atoms with Gasteiger partial charge in [-0.3, -0.25) is 19.7 Å². The number of amides is 1. The standard InChI is InChI=1S/C27H31N3O8/c1-14-28-11-16(12-29-14)30-25(34)38-19-9-18(23(32)35-4)26(2)7-5-17-24(33)37-20(15-6-8-36-13-15)10-27(17,3)22(26)21(19)31/h6,8,11-13,17-20,22H,5,7,9-10H2,1-4H3,(H,30,34)/t17-,18-,19-,20-,22-,26-,27-/m0/s1. The van der Waals surface area contributed by atoms with E-state index in [0.29, 0.717) is 36.3 Å². The lowest BCUT2D eigenvalue weighted by molar-refractivity contribution is -0.207. The van der Waals surface area contributed by atoms with Crippen LogP contribution in [0.2, 0.25) is 0 Å². The number of aryl methyl sites for hydroxylation is 1. The molecular formula is C27H31N3O8. The smallest absolute Gasteiger partial charge is 0.412 e. The molecule has 0 bridgehead atoms. The Labute approximate surface area is 219 Å². The SMILES string of the molecule is COC(=O)[C@@H]1C[C@H](OC(=O)Nc2cnc(C)nc2)C(=O)[C@H]2[C@@]1(C)CC[C@H]1C(=O)O[C@H](c3ccoc3)C[C@]21C. The normalized spacial score (nSPS) is 34.4. The number of anilines is 1. The zero-order chi connectivity index (χ0) is 27.2. The van der Waals surface area contributed by atoms with Gasteiger partial charge >= 0.3 is 18.0 Å². The van der Waals surface area contributed by atoms with E-state index in [9.17, 15) is 19.2 Å². The first kappa shape index (κ1) is 25.9. The van der Waals surface area contributed by atoms with Crippen molar-refractivity contribution in [3.05, 3.63) is 42.4 Å². The molecule has 11 nitrogen and oxygen atoms in total. The van der Waals surface area contributed by atoms with Crippen LogP contribution >= 0.6 is 0 Å². The van der Waals surface area contributed by atoms with Crippen molar-refractivity contribution in [2.24, 2.45) is 28.6 Å². The predicted molar refractivity (Wildman–Crippen MR) is 130 cm³/mol. The fraction of sp³-hybridized carbons (Fsp3) is 0.556. The number of hydrogen-bond donors (Lipinski definition) is 1. The van der Waals surface area contributed by atoms with Crippen molar-refractivity contribution in [3.8, 4) is 0 Å². The summed E-state index contributed by atoms with van der Waals surface area (Å²) in [5.74, 6) is -2.63. The first-order valence-corrected chi connectivity index (χ1v) is 12.7. The highest BCUT2D eigenvalue weighted by atomic mass is 16.6. The van der Waals surface area contributed by atoms with Crippen molar-refractivity contribution in [3.63, 3.8) is 0 Å². The van der Waals surface area contributed by atoms with E-state index in [2.05, 4.69) is 15.3 Å². The van der Waals surface area contributed by atoms with Gasteiger partial charge in [0.2, 0.25) is 0 Å². The van der Waals surface area contributed by atoms with Gasteiger partial charge in [-0.25, -0.2) is 14.8 Å². The predicted octanol–water partition coefficient (Wildman–Crippen LogP) is 3.78. The van der Waals surface area contributed by atoms with Gasteiger partial charge < -0.3 is 18.6 Å². The molecule has 2 aliphatic carbocycles. The van der Waals surface area contributed by atoms with Gasteiger partial charge in [0.1, 0.15) is 11.9 Å². The molecule has 7 atom stereocenters. The largest absolute Gasteiger partial charge is 0.472 e. The highest BCUT2D eigenvalue weighted by molar-refractivity contribution is 5.94. The molecule has 2 aromatic rings. The summed E-state index contributed by atoms with van der Waals surface area (Å²) in [6.07, 6.45) is 4.50. The molecule has 3 aliphatic rings. The van der Waals surface area contributed by atoms with Crippen LogP contribution < -0.4 is 5.32 Å². The van der Waals surface area contributed by atoms with E-state index in [-0.39, 0.29) is 18.2 Å². The second-order valence-corrected chi connectivity index (χ2v) is 11.0. The number of carbonyl (C=O) groups excluding carboxylic acids is 4. The van der Waals surface area contributed by atoms with Crippen molar-refractivity contribution in [2.75, 3.05) is 12.4 Å². The number of cyclic esters (lactones) is 1. The molecule has 1 saturated heterocycles. The number of furan rings is 1. The van der Waals surface area contributed by atoms with Crippen molar-refractivity contribution in [2.45, 2.75) is 58.7 Å². The number of ketones is 1. The molecule has 1 aliphatic heterocycles. The lowest BCUT2D eigenvalue weighted by Gasteiger charge is -2.60. The maximum absolute atomic E-state index is 14.2. The van der Waals surface area contributed by atoms with E-state index in [1.54, 1.807) is 13.0 Å². The Kier molecular flexibility index (Phi) is 6.48. The van der Waals surface area contributed by atoms with Crippen LogP contribution in [0.15, 0.2) is 35.4 Å². The number of ether oxygens (including phenoxy) is 3. The third-order valence-corrected chi connectivity index (χ3v) is 8.78. The molecule has 1 amide bonds. The third-order valence-electron chi connectivity index (χ3n) is 8.78. The number of Topliss-reactive ketones (excluding diaryl/α,β-unsaturated/α-hetero) is 1. The molecule has 11 heteroatoms. The van der Waals surface area contributed by atoms with Crippen LogP contribution in [0, 0.1) is 35.5 Å². The molecular weight excluding hydrogens is 494 g/mol. The summed E-state index contributed by atoms with van der Waals surface area (Å²) in [7, 11) is 1.30. The van der Waals surface area contributed by atoms with Crippen LogP contribution in [0.5, 0.6) is 0 Å². The van der Waals surface area contributed by atoms with Gasteiger partial charge in [-0.1, -0.05) is 13.8 Å². The second kappa shape index (κ2) is 9.52. The number of methoxy groups -OCH3 is 1. The topological polar surface area (TPSA) is 147 Å². The number of esters is 2. The minimum absolute atomic E-state index is 0.00727. The zero-order valence-electron chi connectivity index (χ0n) is 21.8. The van der Waals surface area contributed by atoms with E-state index in [1.807, 2.05) is 13.8 Å². The fourth-order valence-corrected chi connectivity index (χ4v) is 7.00. The van der Waals surface area contributed by atoms with Crippen LogP contribution in [-0.4, -0.2) is 47.0 Å². The van der Waals surface area contributed by atoms with Gasteiger partial charge in [-0.15, -0.1) is 0 Å². The highest BCUT2D eigenvalue weighted by Gasteiger charge is 2.67. The quantitative estimate of drug-likeness (QED) is 0.462. The number of fused-ring (bicyclic) bond motifs is 3. The maximum atomic E-state index is 14.2. The molecule has 2 aromatic heterocycles. The summed E-state index contributed by atoms with van der Waals surface area (Å²) in [5.41, 5.74) is -0.641. The second-order valence-electron chi connectivity index (χ2n) is 11.0. The van der Waals surface area contributed by atoms with Gasteiger partial charge in [-0.05, 0) is 43.1 Å². The number of nitrogens with zero attached hydrogens (tertiary/aromatic N) is 2. The minimum atomic E-state index is -1.20. The van der Waals surface area contributed by atoms with Crippen LogP contribution in [0.25, 0.3) is 0 Å². The van der Waals surface area contributed by atoms with Crippen molar-refractivity contribution in [1.82, 2.24) is 9.97 Å². The fourth-order valence-electron chi connectivity index (χ4n) is 7.00. The first-order valence-electron chi connectivity index (χ1n) is 12.7. The zero-order valence-corrected chi connectivity index (χ0v) is 21.8. The Balaban J connectivity index is 1.48. The number of aromatic nitrogens is 2. The van der Waals surface area contributed by atoms with Gasteiger partial charge in [-0.2, -0.15) is 0 Å². The summed E-state index contributed by atoms with van der Waals surface area (Å²) >= 11 is 0. The number of rotatable bonds is 4. The van der Waals surface area contributed by atoms with Gasteiger partial charge in [0, 0.05) is 17.9 Å². The number of hydrogen-bond acceptors (Lipinski definition) is 10. The van der Waals surface area contributed by atoms with E-state index in [4.69, 9.17) is 18.6 Å². The summed E-state index contributed by atoms with van der Waals surface area (Å²) in [4.78, 5) is 61.3. The summed E-state index contributed by atoms with van der Waals surface area (Å²) in [6, 6.07) is 1.73. The molecule has 2 saturated carbocycles. The Morgan fingerprint density at radius 1 is 1.16 bits per heavy atom. The number of carbonyl (C=O) groups is 4. The third kappa shape index (κ3) is 4.23. The maximum Gasteiger partial charge on any atom is 0.412 e. The van der Waals surface area contributed by atoms with E-state index >= 15 is 0 Å². The molecule has 1 N–H and O–H groups in total. The van der Waals surface area contributed by atoms with Crippen LogP contribution in [0.1, 0.15) is 57.0 Å². The Morgan fingerprint density at radius 2 is 1.89 bits per heavy atom. The molecule has 202 valence electrons. The molecule has 3 heterocycles. The van der Waals surface area contributed by atoms with Crippen molar-refractivity contribution in [1.29, 1.82) is 0 Å². The lowest BCUT2D eigenvalue weighted by Crippen LogP contribution is -2.64. The summed E-state index contributed by atoms with van der Waals surface area (Å²) < 4.78 is 21.7. The number of nitrogens with one attached hydrogen (secondary N) is 1. The summed E-state index contributed by atoms with van der Waals surface area (Å²) in [5, 5.41) is 2.54. The Hall–Kier alpha value is -3.76. The monoisotopic (exact) mass is 525 g/mol. The average Bonchev–Trinajstić information content (AvgIpc) is 3.41. The van der Waals surface area contributed by atoms with E-state index in [0.717, 1.165) is 0 Å². The molecule has 3 fully saturated rings. The first-order chi connectivity index (χ1) is 18.1. The van der Waals surface area contributed by atoms with Gasteiger partial charge in [0.15, 0.2) is 11.9 Å².